The van der Waals surface area contributed by atoms with Crippen molar-refractivity contribution in [3.63, 3.8) is 0 Å². The molecule has 4 nitrogen and oxygen atoms in total. The van der Waals surface area contributed by atoms with E-state index >= 15 is 0 Å². The molecule has 0 unspecified atom stereocenters. The van der Waals surface area contributed by atoms with Gasteiger partial charge in [0.2, 0.25) is 0 Å². The SMILES string of the molecule is O=C(Nc1ccc(F)cc1)N1CCn2cccc2[C@@H]1c1ccccc1F. The van der Waals surface area contributed by atoms with Gasteiger partial charge in [-0.2, -0.15) is 0 Å². The lowest BCUT2D eigenvalue weighted by Crippen LogP contribution is -2.44. The topological polar surface area (TPSA) is 37.3 Å². The number of carbonyl (C=O) groups excluding carboxylic acids is 1. The number of anilines is 1. The van der Waals surface area contributed by atoms with Gasteiger partial charge in [0.1, 0.15) is 17.7 Å². The van der Waals surface area contributed by atoms with Gasteiger partial charge in [-0.25, -0.2) is 13.6 Å². The fourth-order valence-corrected chi connectivity index (χ4v) is 3.35. The Morgan fingerprint density at radius 3 is 2.50 bits per heavy atom. The molecule has 1 aromatic heterocycles. The lowest BCUT2D eigenvalue weighted by molar-refractivity contribution is 0.180. The fraction of sp³-hybridized carbons (Fsp3) is 0.150. The Morgan fingerprint density at radius 2 is 1.73 bits per heavy atom. The zero-order valence-corrected chi connectivity index (χ0v) is 13.9. The summed E-state index contributed by atoms with van der Waals surface area (Å²) in [7, 11) is 0. The van der Waals surface area contributed by atoms with Crippen LogP contribution in [-0.4, -0.2) is 22.0 Å². The Hall–Kier alpha value is -3.15. The Kier molecular flexibility index (Phi) is 4.16. The zero-order valence-electron chi connectivity index (χ0n) is 13.9. The average molecular weight is 353 g/mol. The highest BCUT2D eigenvalue weighted by Crippen LogP contribution is 2.34. The van der Waals surface area contributed by atoms with Crippen molar-refractivity contribution in [3.05, 3.63) is 89.8 Å². The Balaban J connectivity index is 1.69. The van der Waals surface area contributed by atoms with E-state index in [1.165, 1.54) is 30.3 Å². The minimum absolute atomic E-state index is 0.350. The summed E-state index contributed by atoms with van der Waals surface area (Å²) in [5, 5.41) is 2.77. The number of nitrogens with zero attached hydrogens (tertiary/aromatic N) is 2. The van der Waals surface area contributed by atoms with Gasteiger partial charge in [-0.1, -0.05) is 18.2 Å². The van der Waals surface area contributed by atoms with Crippen molar-refractivity contribution in [3.8, 4) is 0 Å². The average Bonchev–Trinajstić information content (AvgIpc) is 3.12. The first-order valence-electron chi connectivity index (χ1n) is 8.36. The van der Waals surface area contributed by atoms with Crippen LogP contribution in [0.3, 0.4) is 0 Å². The molecule has 2 amide bonds. The molecule has 0 spiro atoms. The van der Waals surface area contributed by atoms with Crippen molar-refractivity contribution in [1.29, 1.82) is 0 Å². The summed E-state index contributed by atoms with van der Waals surface area (Å²) in [6.45, 7) is 1.07. The van der Waals surface area contributed by atoms with E-state index in [4.69, 9.17) is 0 Å². The highest BCUT2D eigenvalue weighted by Gasteiger charge is 2.33. The van der Waals surface area contributed by atoms with Crippen molar-refractivity contribution in [2.45, 2.75) is 12.6 Å². The number of halogens is 2. The van der Waals surface area contributed by atoms with Crippen LogP contribution in [0.4, 0.5) is 19.3 Å². The third kappa shape index (κ3) is 2.94. The van der Waals surface area contributed by atoms with Crippen molar-refractivity contribution >= 4 is 11.7 Å². The predicted molar refractivity (Wildman–Crippen MR) is 94.8 cm³/mol. The van der Waals surface area contributed by atoms with Crippen LogP contribution in [0.5, 0.6) is 0 Å². The number of amides is 2. The quantitative estimate of drug-likeness (QED) is 0.728. The Bertz CT molecular complexity index is 936. The Morgan fingerprint density at radius 1 is 0.962 bits per heavy atom. The largest absolute Gasteiger partial charge is 0.348 e. The van der Waals surface area contributed by atoms with E-state index in [1.807, 2.05) is 22.9 Å². The summed E-state index contributed by atoms with van der Waals surface area (Å²) in [6, 6.07) is 15.0. The number of benzene rings is 2. The number of hydrogen-bond acceptors (Lipinski definition) is 1. The molecule has 6 heteroatoms. The van der Waals surface area contributed by atoms with Gasteiger partial charge in [0.15, 0.2) is 0 Å². The monoisotopic (exact) mass is 353 g/mol. The lowest BCUT2D eigenvalue weighted by atomic mass is 9.99. The molecule has 2 aromatic carbocycles. The van der Waals surface area contributed by atoms with E-state index in [9.17, 15) is 13.6 Å². The van der Waals surface area contributed by atoms with Crippen LogP contribution in [0.25, 0.3) is 0 Å². The second kappa shape index (κ2) is 6.63. The second-order valence-corrected chi connectivity index (χ2v) is 6.18. The van der Waals surface area contributed by atoms with Crippen LogP contribution < -0.4 is 5.32 Å². The molecule has 1 atom stereocenters. The second-order valence-electron chi connectivity index (χ2n) is 6.18. The van der Waals surface area contributed by atoms with Crippen LogP contribution in [0.1, 0.15) is 17.3 Å². The van der Waals surface area contributed by atoms with Gasteiger partial charge in [-0.3, -0.25) is 0 Å². The van der Waals surface area contributed by atoms with Crippen molar-refractivity contribution in [2.75, 3.05) is 11.9 Å². The number of rotatable bonds is 2. The minimum Gasteiger partial charge on any atom is -0.348 e. The fourth-order valence-electron chi connectivity index (χ4n) is 3.35. The number of aromatic nitrogens is 1. The smallest absolute Gasteiger partial charge is 0.322 e. The zero-order chi connectivity index (χ0) is 18.1. The first kappa shape index (κ1) is 16.3. The van der Waals surface area contributed by atoms with Crippen LogP contribution >= 0.6 is 0 Å². The van der Waals surface area contributed by atoms with Crippen LogP contribution in [-0.2, 0) is 6.54 Å². The molecule has 1 aliphatic heterocycles. The molecule has 0 radical (unpaired) electrons. The number of nitrogens with one attached hydrogen (secondary N) is 1. The summed E-state index contributed by atoms with van der Waals surface area (Å²) < 4.78 is 29.6. The number of hydrogen-bond donors (Lipinski definition) is 1. The first-order chi connectivity index (χ1) is 12.6. The van der Waals surface area contributed by atoms with Gasteiger partial charge >= 0.3 is 6.03 Å². The molecule has 0 fully saturated rings. The molecule has 0 saturated carbocycles. The Labute approximate surface area is 149 Å². The van der Waals surface area contributed by atoms with Crippen molar-refractivity contribution in [2.24, 2.45) is 0 Å². The third-order valence-electron chi connectivity index (χ3n) is 4.59. The van der Waals surface area contributed by atoms with Gasteiger partial charge in [0.25, 0.3) is 0 Å². The van der Waals surface area contributed by atoms with E-state index in [0.717, 1.165) is 5.69 Å². The molecule has 132 valence electrons. The van der Waals surface area contributed by atoms with E-state index in [2.05, 4.69) is 5.32 Å². The molecule has 0 saturated heterocycles. The molecule has 1 N–H and O–H groups in total. The number of urea groups is 1. The minimum atomic E-state index is -0.527. The van der Waals surface area contributed by atoms with Gasteiger partial charge in [-0.15, -0.1) is 0 Å². The van der Waals surface area contributed by atoms with Gasteiger partial charge in [-0.05, 0) is 42.5 Å². The molecule has 0 aliphatic carbocycles. The maximum atomic E-state index is 14.5. The maximum Gasteiger partial charge on any atom is 0.322 e. The summed E-state index contributed by atoms with van der Waals surface area (Å²) in [5.74, 6) is -0.727. The summed E-state index contributed by atoms with van der Waals surface area (Å²) in [6.07, 6.45) is 1.93. The van der Waals surface area contributed by atoms with E-state index in [-0.39, 0.29) is 17.7 Å². The molecule has 0 bridgehead atoms. The maximum absolute atomic E-state index is 14.5. The van der Waals surface area contributed by atoms with Gasteiger partial charge < -0.3 is 14.8 Å². The number of fused-ring (bicyclic) bond motifs is 1. The summed E-state index contributed by atoms with van der Waals surface area (Å²) in [5.41, 5.74) is 1.79. The molecule has 2 heterocycles. The van der Waals surface area contributed by atoms with Crippen molar-refractivity contribution in [1.82, 2.24) is 9.47 Å². The standard InChI is InChI=1S/C20H17F2N3O/c21-14-7-9-15(10-8-14)23-20(26)25-13-12-24-11-3-6-18(24)19(25)16-4-1-2-5-17(16)22/h1-11,19H,12-13H2,(H,23,26)/t19-/m0/s1. The van der Waals surface area contributed by atoms with Crippen LogP contribution in [0.2, 0.25) is 0 Å². The predicted octanol–water partition coefficient (Wildman–Crippen LogP) is 4.40. The van der Waals surface area contributed by atoms with Crippen LogP contribution in [0, 0.1) is 11.6 Å². The molecule has 3 aromatic rings. The van der Waals surface area contributed by atoms with Crippen LogP contribution in [0.15, 0.2) is 66.9 Å². The normalized spacial score (nSPS) is 16.2. The third-order valence-corrected chi connectivity index (χ3v) is 4.59. The summed E-state index contributed by atoms with van der Waals surface area (Å²) >= 11 is 0. The van der Waals surface area contributed by atoms with Crippen molar-refractivity contribution < 1.29 is 13.6 Å². The van der Waals surface area contributed by atoms with Gasteiger partial charge in [0, 0.05) is 36.2 Å². The molecular formula is C20H17F2N3O. The van der Waals surface area contributed by atoms with E-state index in [0.29, 0.717) is 24.3 Å². The van der Waals surface area contributed by atoms with E-state index in [1.54, 1.807) is 23.1 Å². The van der Waals surface area contributed by atoms with E-state index < -0.39 is 6.04 Å². The highest BCUT2D eigenvalue weighted by molar-refractivity contribution is 5.90. The molecular weight excluding hydrogens is 336 g/mol. The molecule has 4 rings (SSSR count). The molecule has 26 heavy (non-hydrogen) atoms. The van der Waals surface area contributed by atoms with Gasteiger partial charge in [0.05, 0.1) is 0 Å². The highest BCUT2D eigenvalue weighted by atomic mass is 19.1. The first-order valence-corrected chi connectivity index (χ1v) is 8.36. The molecule has 1 aliphatic rings. The summed E-state index contributed by atoms with van der Waals surface area (Å²) in [4.78, 5) is 14.5. The number of carbonyl (C=O) groups is 1. The lowest BCUT2D eigenvalue weighted by Gasteiger charge is -2.37.